The van der Waals surface area contributed by atoms with E-state index in [4.69, 9.17) is 5.11 Å². The van der Waals surface area contributed by atoms with Crippen molar-refractivity contribution in [2.45, 2.75) is 13.3 Å². The van der Waals surface area contributed by atoms with Gasteiger partial charge in [0.05, 0.1) is 11.9 Å². The van der Waals surface area contributed by atoms with E-state index in [2.05, 4.69) is 0 Å². The van der Waals surface area contributed by atoms with Crippen LogP contribution in [-0.2, 0) is 11.2 Å². The normalized spacial score (nSPS) is 11.1. The Bertz CT molecular complexity index is 1070. The molecule has 0 saturated heterocycles. The van der Waals surface area contributed by atoms with Gasteiger partial charge in [-0.1, -0.05) is 6.07 Å². The second-order valence-corrected chi connectivity index (χ2v) is 5.70. The van der Waals surface area contributed by atoms with E-state index < -0.39 is 41.5 Å². The molecule has 0 amide bonds. The Morgan fingerprint density at radius 1 is 1.15 bits per heavy atom. The zero-order valence-electron chi connectivity index (χ0n) is 13.4. The quantitative estimate of drug-likeness (QED) is 0.748. The number of carbonyl (C=O) groups is 2. The first-order valence-corrected chi connectivity index (χ1v) is 7.45. The summed E-state index contributed by atoms with van der Waals surface area (Å²) in [5.74, 6) is -6.68. The molecule has 0 aliphatic carbocycles. The number of aliphatic carboxylic acids is 1. The van der Waals surface area contributed by atoms with Crippen molar-refractivity contribution in [2.75, 3.05) is 0 Å². The van der Waals surface area contributed by atoms with Crippen LogP contribution in [0.5, 0.6) is 5.75 Å². The molecule has 3 aromatic rings. The number of aromatic nitrogens is 1. The molecule has 3 rings (SSSR count). The van der Waals surface area contributed by atoms with Crippen LogP contribution in [0.4, 0.5) is 13.2 Å². The Hall–Kier alpha value is -3.29. The van der Waals surface area contributed by atoms with Gasteiger partial charge in [-0.25, -0.2) is 13.2 Å². The summed E-state index contributed by atoms with van der Waals surface area (Å²) < 4.78 is 42.6. The number of phenolic OH excluding ortho intramolecular Hbond substituents is 1. The molecule has 0 saturated carbocycles. The number of nitrogens with zero attached hydrogens (tertiary/aromatic N) is 1. The summed E-state index contributed by atoms with van der Waals surface area (Å²) >= 11 is 0. The van der Waals surface area contributed by atoms with E-state index in [9.17, 15) is 27.9 Å². The Kier molecular flexibility index (Phi) is 4.19. The van der Waals surface area contributed by atoms with Crippen LogP contribution in [0.1, 0.15) is 21.6 Å². The predicted octanol–water partition coefficient (Wildman–Crippen LogP) is 3.39. The van der Waals surface area contributed by atoms with E-state index in [-0.39, 0.29) is 27.7 Å². The molecule has 5 nitrogen and oxygen atoms in total. The van der Waals surface area contributed by atoms with Crippen LogP contribution in [-0.4, -0.2) is 26.7 Å². The molecule has 8 heteroatoms. The van der Waals surface area contributed by atoms with Crippen LogP contribution >= 0.6 is 0 Å². The average molecular weight is 363 g/mol. The van der Waals surface area contributed by atoms with Gasteiger partial charge in [-0.05, 0) is 30.7 Å². The summed E-state index contributed by atoms with van der Waals surface area (Å²) in [6, 6.07) is 5.45. The number of hydrogen-bond donors (Lipinski definition) is 2. The van der Waals surface area contributed by atoms with Gasteiger partial charge in [0, 0.05) is 22.7 Å². The van der Waals surface area contributed by atoms with Crippen molar-refractivity contribution in [1.29, 1.82) is 0 Å². The molecule has 0 aliphatic rings. The standard InChI is InChI=1S/C18H12F3NO4/c1-8-11(6-14(23)24)15-13(7-12(20)17(25)16(15)21)22(8)18(26)9-3-2-4-10(19)5-9/h2-5,7,25H,6H2,1H3,(H,23,24). The lowest BCUT2D eigenvalue weighted by Gasteiger charge is -2.08. The van der Waals surface area contributed by atoms with Gasteiger partial charge < -0.3 is 10.2 Å². The summed E-state index contributed by atoms with van der Waals surface area (Å²) in [6.07, 6.45) is -0.645. The van der Waals surface area contributed by atoms with Crippen LogP contribution in [0, 0.1) is 24.4 Å². The zero-order chi connectivity index (χ0) is 19.2. The average Bonchev–Trinajstić information content (AvgIpc) is 2.83. The van der Waals surface area contributed by atoms with Crippen molar-refractivity contribution < 1.29 is 33.0 Å². The number of rotatable bonds is 3. The number of carboxylic acid groups (broad SMARTS) is 1. The number of phenols is 1. The molecular formula is C18H12F3NO4. The smallest absolute Gasteiger partial charge is 0.307 e. The predicted molar refractivity (Wildman–Crippen MR) is 85.7 cm³/mol. The molecule has 0 bridgehead atoms. The molecule has 0 atom stereocenters. The van der Waals surface area contributed by atoms with Gasteiger partial charge in [-0.15, -0.1) is 0 Å². The maximum atomic E-state index is 14.4. The Morgan fingerprint density at radius 3 is 2.46 bits per heavy atom. The van der Waals surface area contributed by atoms with Gasteiger partial charge in [0.15, 0.2) is 17.4 Å². The third-order valence-corrected chi connectivity index (χ3v) is 4.09. The zero-order valence-corrected chi connectivity index (χ0v) is 13.4. The summed E-state index contributed by atoms with van der Waals surface area (Å²) in [5, 5.41) is 18.2. The fourth-order valence-electron chi connectivity index (χ4n) is 2.94. The van der Waals surface area contributed by atoms with Crippen molar-refractivity contribution >= 4 is 22.8 Å². The number of carbonyl (C=O) groups excluding carboxylic acids is 1. The Balaban J connectivity index is 2.37. The van der Waals surface area contributed by atoms with Gasteiger partial charge in [0.25, 0.3) is 5.91 Å². The fraction of sp³-hybridized carbons (Fsp3) is 0.111. The molecule has 1 heterocycles. The molecule has 0 radical (unpaired) electrons. The summed E-state index contributed by atoms with van der Waals surface area (Å²) in [4.78, 5) is 23.9. The molecule has 1 aromatic heterocycles. The third kappa shape index (κ3) is 2.69. The lowest BCUT2D eigenvalue weighted by atomic mass is 10.1. The van der Waals surface area contributed by atoms with E-state index in [1.807, 2.05) is 0 Å². The molecule has 26 heavy (non-hydrogen) atoms. The highest BCUT2D eigenvalue weighted by molar-refractivity contribution is 6.05. The van der Waals surface area contributed by atoms with E-state index >= 15 is 0 Å². The molecule has 0 aliphatic heterocycles. The summed E-state index contributed by atoms with van der Waals surface area (Å²) in [6.45, 7) is 1.36. The molecule has 2 aromatic carbocycles. The minimum Gasteiger partial charge on any atom is -0.503 e. The highest BCUT2D eigenvalue weighted by atomic mass is 19.1. The van der Waals surface area contributed by atoms with Crippen molar-refractivity contribution in [3.05, 3.63) is 64.6 Å². The van der Waals surface area contributed by atoms with E-state index in [1.165, 1.54) is 19.1 Å². The van der Waals surface area contributed by atoms with Crippen LogP contribution in [0.2, 0.25) is 0 Å². The van der Waals surface area contributed by atoms with Gasteiger partial charge >= 0.3 is 5.97 Å². The minimum absolute atomic E-state index is 0.0561. The van der Waals surface area contributed by atoms with Gasteiger partial charge in [-0.2, -0.15) is 0 Å². The number of benzene rings is 2. The number of fused-ring (bicyclic) bond motifs is 1. The van der Waals surface area contributed by atoms with Gasteiger partial charge in [-0.3, -0.25) is 14.2 Å². The second-order valence-electron chi connectivity index (χ2n) is 5.70. The van der Waals surface area contributed by atoms with Crippen molar-refractivity contribution in [1.82, 2.24) is 4.57 Å². The molecule has 0 unspecified atom stereocenters. The lowest BCUT2D eigenvalue weighted by Crippen LogP contribution is -2.14. The molecule has 0 spiro atoms. The largest absolute Gasteiger partial charge is 0.503 e. The third-order valence-electron chi connectivity index (χ3n) is 4.09. The minimum atomic E-state index is -1.36. The molecule has 0 fully saturated rings. The van der Waals surface area contributed by atoms with E-state index in [0.29, 0.717) is 0 Å². The number of hydrogen-bond acceptors (Lipinski definition) is 3. The van der Waals surface area contributed by atoms with Crippen molar-refractivity contribution in [2.24, 2.45) is 0 Å². The first-order valence-electron chi connectivity index (χ1n) is 7.45. The highest BCUT2D eigenvalue weighted by Gasteiger charge is 2.26. The maximum absolute atomic E-state index is 14.4. The Labute approximate surface area is 144 Å². The first-order chi connectivity index (χ1) is 12.2. The number of carboxylic acids is 1. The van der Waals surface area contributed by atoms with Crippen LogP contribution in [0.25, 0.3) is 10.9 Å². The van der Waals surface area contributed by atoms with Crippen molar-refractivity contribution in [3.8, 4) is 5.75 Å². The van der Waals surface area contributed by atoms with Crippen LogP contribution < -0.4 is 0 Å². The molecule has 134 valence electrons. The van der Waals surface area contributed by atoms with Gasteiger partial charge in [0.2, 0.25) is 0 Å². The Morgan fingerprint density at radius 2 is 1.85 bits per heavy atom. The molecular weight excluding hydrogens is 351 g/mol. The number of halogens is 3. The number of aromatic hydroxyl groups is 1. The van der Waals surface area contributed by atoms with Gasteiger partial charge in [0.1, 0.15) is 5.82 Å². The summed E-state index contributed by atoms with van der Waals surface area (Å²) in [7, 11) is 0. The highest BCUT2D eigenvalue weighted by Crippen LogP contribution is 2.35. The lowest BCUT2D eigenvalue weighted by molar-refractivity contribution is -0.136. The summed E-state index contributed by atoms with van der Waals surface area (Å²) in [5.41, 5.74) is -0.354. The monoisotopic (exact) mass is 363 g/mol. The fourth-order valence-corrected chi connectivity index (χ4v) is 2.94. The van der Waals surface area contributed by atoms with Crippen molar-refractivity contribution in [3.63, 3.8) is 0 Å². The van der Waals surface area contributed by atoms with E-state index in [1.54, 1.807) is 0 Å². The molecule has 2 N–H and O–H groups in total. The maximum Gasteiger partial charge on any atom is 0.307 e. The SMILES string of the molecule is Cc1c(CC(=O)O)c2c(F)c(O)c(F)cc2n1C(=O)c1cccc(F)c1. The van der Waals surface area contributed by atoms with E-state index in [0.717, 1.165) is 22.8 Å². The first kappa shape index (κ1) is 17.5. The topological polar surface area (TPSA) is 79.5 Å². The second kappa shape index (κ2) is 6.21. The van der Waals surface area contributed by atoms with Crippen LogP contribution in [0.3, 0.4) is 0 Å². The van der Waals surface area contributed by atoms with Crippen LogP contribution in [0.15, 0.2) is 30.3 Å².